The fourth-order valence-electron chi connectivity index (χ4n) is 1.05. The Morgan fingerprint density at radius 2 is 1.46 bits per heavy atom. The van der Waals surface area contributed by atoms with Crippen molar-refractivity contribution in [2.75, 3.05) is 7.11 Å². The molecule has 0 saturated carbocycles. The van der Waals surface area contributed by atoms with Gasteiger partial charge < -0.3 is 14.8 Å². The number of hydrogen-bond donors (Lipinski definition) is 2. The van der Waals surface area contributed by atoms with Gasteiger partial charge in [0, 0.05) is 0 Å². The van der Waals surface area contributed by atoms with Crippen LogP contribution in [-0.4, -0.2) is 24.8 Å². The summed E-state index contributed by atoms with van der Waals surface area (Å²) < 4.78 is 5.08. The summed E-state index contributed by atoms with van der Waals surface area (Å²) in [5.41, 5.74) is 2.49. The number of methoxy groups -OCH3 is 1. The highest BCUT2D eigenvalue weighted by molar-refractivity contribution is 6.13. The standard InChI is InChI=1S/C9H12O.BH3O2/c1-7-4-8(2)6-9(5-7)10-3;2-1-3/h4-6H,1-3H3;1-3H. The van der Waals surface area contributed by atoms with Crippen molar-refractivity contribution in [2.24, 2.45) is 0 Å². The van der Waals surface area contributed by atoms with Crippen LogP contribution in [0.25, 0.3) is 0 Å². The van der Waals surface area contributed by atoms with Gasteiger partial charge in [-0.15, -0.1) is 0 Å². The second-order valence-electron chi connectivity index (χ2n) is 2.67. The van der Waals surface area contributed by atoms with Crippen LogP contribution in [0.1, 0.15) is 11.1 Å². The van der Waals surface area contributed by atoms with E-state index in [1.165, 1.54) is 11.1 Å². The zero-order valence-electron chi connectivity index (χ0n) is 8.24. The molecule has 0 aliphatic rings. The number of ether oxygens (including phenoxy) is 1. The van der Waals surface area contributed by atoms with Gasteiger partial charge in [0.2, 0.25) is 0 Å². The highest BCUT2D eigenvalue weighted by Crippen LogP contribution is 2.14. The Bertz CT molecular complexity index is 230. The van der Waals surface area contributed by atoms with Gasteiger partial charge in [0.25, 0.3) is 0 Å². The summed E-state index contributed by atoms with van der Waals surface area (Å²) in [6, 6.07) is 6.17. The second kappa shape index (κ2) is 6.51. The van der Waals surface area contributed by atoms with E-state index < -0.39 is 7.69 Å². The molecule has 0 bridgehead atoms. The predicted octanol–water partition coefficient (Wildman–Crippen LogP) is 0.550. The predicted molar refractivity (Wildman–Crippen MR) is 54.1 cm³/mol. The van der Waals surface area contributed by atoms with Gasteiger partial charge in [0.15, 0.2) is 0 Å². The van der Waals surface area contributed by atoms with Crippen LogP contribution in [0.5, 0.6) is 5.75 Å². The fourth-order valence-corrected chi connectivity index (χ4v) is 1.05. The topological polar surface area (TPSA) is 49.7 Å². The molecule has 3 nitrogen and oxygen atoms in total. The maximum atomic E-state index is 7.12. The molecule has 0 amide bonds. The van der Waals surface area contributed by atoms with Gasteiger partial charge in [-0.25, -0.2) is 0 Å². The number of hydrogen-bond acceptors (Lipinski definition) is 3. The van der Waals surface area contributed by atoms with E-state index in [9.17, 15) is 0 Å². The fraction of sp³-hybridized carbons (Fsp3) is 0.333. The average Bonchev–Trinajstić information content (AvgIpc) is 2.04. The summed E-state index contributed by atoms with van der Waals surface area (Å²) in [4.78, 5) is 0. The lowest BCUT2D eigenvalue weighted by Gasteiger charge is -2.01. The summed E-state index contributed by atoms with van der Waals surface area (Å²) in [5, 5.41) is 14.2. The van der Waals surface area contributed by atoms with E-state index in [1.54, 1.807) is 7.11 Å². The zero-order chi connectivity index (χ0) is 10.3. The molecule has 0 atom stereocenters. The minimum absolute atomic E-state index is 0.750. The van der Waals surface area contributed by atoms with Crippen molar-refractivity contribution in [2.45, 2.75) is 13.8 Å². The summed E-state index contributed by atoms with van der Waals surface area (Å²) in [6.45, 7) is 4.13. The van der Waals surface area contributed by atoms with Gasteiger partial charge in [0.05, 0.1) is 7.11 Å². The van der Waals surface area contributed by atoms with E-state index in [-0.39, 0.29) is 0 Å². The first-order valence-corrected chi connectivity index (χ1v) is 3.98. The summed E-state index contributed by atoms with van der Waals surface area (Å²) >= 11 is 0. The van der Waals surface area contributed by atoms with E-state index >= 15 is 0 Å². The van der Waals surface area contributed by atoms with E-state index in [0.717, 1.165) is 5.75 Å². The first kappa shape index (κ1) is 12.0. The van der Waals surface area contributed by atoms with E-state index in [4.69, 9.17) is 14.8 Å². The molecule has 0 saturated heterocycles. The van der Waals surface area contributed by atoms with Gasteiger partial charge in [-0.05, 0) is 37.1 Å². The van der Waals surface area contributed by atoms with Crippen LogP contribution in [0.15, 0.2) is 18.2 Å². The Morgan fingerprint density at radius 3 is 1.77 bits per heavy atom. The third kappa shape index (κ3) is 5.28. The Morgan fingerprint density at radius 1 is 1.08 bits per heavy atom. The SMILES string of the molecule is COc1cc(C)cc(C)c1.OBO. The molecule has 0 unspecified atom stereocenters. The molecule has 0 aromatic heterocycles. The smallest absolute Gasteiger partial charge is 0.432 e. The molecule has 0 spiro atoms. The Kier molecular flexibility index (Phi) is 6.01. The Labute approximate surface area is 79.3 Å². The highest BCUT2D eigenvalue weighted by atomic mass is 16.5. The molecule has 13 heavy (non-hydrogen) atoms. The first-order valence-electron chi connectivity index (χ1n) is 3.98. The van der Waals surface area contributed by atoms with Crippen LogP contribution >= 0.6 is 0 Å². The third-order valence-corrected chi connectivity index (χ3v) is 1.43. The molecule has 0 aliphatic heterocycles. The van der Waals surface area contributed by atoms with Crippen molar-refractivity contribution in [1.29, 1.82) is 0 Å². The van der Waals surface area contributed by atoms with Gasteiger partial charge in [-0.1, -0.05) is 6.07 Å². The highest BCUT2D eigenvalue weighted by Gasteiger charge is 1.92. The largest absolute Gasteiger partial charge is 0.497 e. The number of aryl methyl sites for hydroxylation is 2. The summed E-state index contributed by atoms with van der Waals surface area (Å²) in [6.07, 6.45) is 0. The molecule has 72 valence electrons. The summed E-state index contributed by atoms with van der Waals surface area (Å²) in [7, 11) is 0.939. The van der Waals surface area contributed by atoms with Crippen molar-refractivity contribution in [1.82, 2.24) is 0 Å². The van der Waals surface area contributed by atoms with Crippen molar-refractivity contribution < 1.29 is 14.8 Å². The molecular weight excluding hydrogens is 167 g/mol. The molecule has 2 N–H and O–H groups in total. The normalized spacial score (nSPS) is 8.38. The second-order valence-corrected chi connectivity index (χ2v) is 2.67. The van der Waals surface area contributed by atoms with Gasteiger partial charge in [-0.3, -0.25) is 0 Å². The van der Waals surface area contributed by atoms with Crippen LogP contribution < -0.4 is 4.74 Å². The molecule has 0 heterocycles. The van der Waals surface area contributed by atoms with E-state index in [1.807, 2.05) is 12.1 Å². The Balaban J connectivity index is 0.000000424. The first-order chi connectivity index (χ1) is 6.13. The molecule has 0 radical (unpaired) electrons. The van der Waals surface area contributed by atoms with E-state index in [2.05, 4.69) is 19.9 Å². The van der Waals surface area contributed by atoms with Crippen molar-refractivity contribution in [3.05, 3.63) is 29.3 Å². The lowest BCUT2D eigenvalue weighted by molar-refractivity contribution is 0.414. The molecule has 1 aromatic rings. The molecule has 0 aliphatic carbocycles. The third-order valence-electron chi connectivity index (χ3n) is 1.43. The molecule has 0 fully saturated rings. The Hall–Kier alpha value is -0.995. The molecule has 1 rings (SSSR count). The lowest BCUT2D eigenvalue weighted by atomic mass is 10.1. The van der Waals surface area contributed by atoms with Gasteiger partial charge in [0.1, 0.15) is 5.75 Å². The minimum atomic E-state index is -0.750. The van der Waals surface area contributed by atoms with Crippen LogP contribution in [0.3, 0.4) is 0 Å². The van der Waals surface area contributed by atoms with Crippen molar-refractivity contribution in [3.8, 4) is 5.75 Å². The number of rotatable bonds is 1. The minimum Gasteiger partial charge on any atom is -0.497 e. The summed E-state index contributed by atoms with van der Waals surface area (Å²) in [5.74, 6) is 0.942. The van der Waals surface area contributed by atoms with Gasteiger partial charge >= 0.3 is 7.69 Å². The van der Waals surface area contributed by atoms with Crippen LogP contribution in [0.2, 0.25) is 0 Å². The maximum Gasteiger partial charge on any atom is 0.432 e. The van der Waals surface area contributed by atoms with Crippen molar-refractivity contribution in [3.63, 3.8) is 0 Å². The average molecular weight is 182 g/mol. The van der Waals surface area contributed by atoms with Crippen LogP contribution in [-0.2, 0) is 0 Å². The number of benzene rings is 1. The quantitative estimate of drug-likeness (QED) is 0.623. The lowest BCUT2D eigenvalue weighted by Crippen LogP contribution is -1.84. The zero-order valence-corrected chi connectivity index (χ0v) is 8.24. The molecule has 4 heteroatoms. The maximum absolute atomic E-state index is 7.12. The van der Waals surface area contributed by atoms with Crippen molar-refractivity contribution >= 4 is 7.69 Å². The molecule has 1 aromatic carbocycles. The molecular formula is C9H15BO3. The van der Waals surface area contributed by atoms with Crippen LogP contribution in [0, 0.1) is 13.8 Å². The van der Waals surface area contributed by atoms with E-state index in [0.29, 0.717) is 0 Å². The monoisotopic (exact) mass is 182 g/mol. The van der Waals surface area contributed by atoms with Gasteiger partial charge in [-0.2, -0.15) is 0 Å². The van der Waals surface area contributed by atoms with Crippen LogP contribution in [0.4, 0.5) is 0 Å².